The molecule has 16 heavy (non-hydrogen) atoms. The Labute approximate surface area is 95.0 Å². The van der Waals surface area contributed by atoms with Gasteiger partial charge in [-0.25, -0.2) is 0 Å². The van der Waals surface area contributed by atoms with Gasteiger partial charge in [0.05, 0.1) is 5.71 Å². The van der Waals surface area contributed by atoms with Gasteiger partial charge < -0.3 is 15.3 Å². The highest BCUT2D eigenvalue weighted by atomic mass is 16.7. The molecule has 4 nitrogen and oxygen atoms in total. The first-order chi connectivity index (χ1) is 7.79. The van der Waals surface area contributed by atoms with E-state index in [1.165, 1.54) is 0 Å². The molecule has 86 valence electrons. The molecule has 0 saturated heterocycles. The van der Waals surface area contributed by atoms with E-state index in [2.05, 4.69) is 5.16 Å². The summed E-state index contributed by atoms with van der Waals surface area (Å²) in [6.07, 6.45) is 0.765. The predicted octanol–water partition coefficient (Wildman–Crippen LogP) is 1.48. The first kappa shape index (κ1) is 11.0. The van der Waals surface area contributed by atoms with E-state index >= 15 is 0 Å². The summed E-state index contributed by atoms with van der Waals surface area (Å²) in [5.74, 6) is 0.896. The van der Waals surface area contributed by atoms with Crippen LogP contribution in [-0.4, -0.2) is 25.0 Å². The predicted molar refractivity (Wildman–Crippen MR) is 62.7 cm³/mol. The number of oxime groups is 1. The second-order valence-electron chi connectivity index (χ2n) is 3.87. The van der Waals surface area contributed by atoms with E-state index in [9.17, 15) is 0 Å². The van der Waals surface area contributed by atoms with Crippen LogP contribution in [0.1, 0.15) is 12.0 Å². The first-order valence-electron chi connectivity index (χ1n) is 5.39. The molecule has 0 aromatic heterocycles. The van der Waals surface area contributed by atoms with Crippen LogP contribution in [0.3, 0.4) is 0 Å². The van der Waals surface area contributed by atoms with E-state index in [4.69, 9.17) is 15.3 Å². The fraction of sp³-hybridized carbons (Fsp3) is 0.417. The summed E-state index contributed by atoms with van der Waals surface area (Å²) in [6.45, 7) is 2.99. The zero-order valence-corrected chi connectivity index (χ0v) is 9.35. The number of rotatable bonds is 4. The van der Waals surface area contributed by atoms with Crippen molar-refractivity contribution in [3.8, 4) is 5.75 Å². The SMILES string of the molecule is Cc1ccccc1OCC1CC(CN)=NO1. The maximum Gasteiger partial charge on any atom is 0.166 e. The first-order valence-corrected chi connectivity index (χ1v) is 5.39. The summed E-state index contributed by atoms with van der Waals surface area (Å²) in [5.41, 5.74) is 7.50. The van der Waals surface area contributed by atoms with E-state index < -0.39 is 0 Å². The Hall–Kier alpha value is -1.55. The number of benzene rings is 1. The van der Waals surface area contributed by atoms with Crippen LogP contribution in [0, 0.1) is 6.92 Å². The molecule has 1 aliphatic rings. The largest absolute Gasteiger partial charge is 0.489 e. The standard InChI is InChI=1S/C12H16N2O2/c1-9-4-2-3-5-12(9)15-8-11-6-10(7-13)14-16-11/h2-5,11H,6-8,13H2,1H3. The summed E-state index contributed by atoms with van der Waals surface area (Å²) in [4.78, 5) is 5.20. The van der Waals surface area contributed by atoms with Crippen molar-refractivity contribution in [3.05, 3.63) is 29.8 Å². The fourth-order valence-electron chi connectivity index (χ4n) is 1.60. The van der Waals surface area contributed by atoms with Gasteiger partial charge in [-0.3, -0.25) is 0 Å². The Balaban J connectivity index is 1.83. The maximum atomic E-state index is 5.67. The van der Waals surface area contributed by atoms with Gasteiger partial charge in [0.2, 0.25) is 0 Å². The highest BCUT2D eigenvalue weighted by molar-refractivity contribution is 5.87. The lowest BCUT2D eigenvalue weighted by Crippen LogP contribution is -2.20. The molecule has 2 rings (SSSR count). The third kappa shape index (κ3) is 2.52. The number of nitrogens with zero attached hydrogens (tertiary/aromatic N) is 1. The van der Waals surface area contributed by atoms with Crippen molar-refractivity contribution >= 4 is 5.71 Å². The third-order valence-corrected chi connectivity index (χ3v) is 2.55. The molecule has 1 heterocycles. The van der Waals surface area contributed by atoms with Gasteiger partial charge in [-0.05, 0) is 18.6 Å². The van der Waals surface area contributed by atoms with Crippen LogP contribution in [0.4, 0.5) is 0 Å². The van der Waals surface area contributed by atoms with Crippen molar-refractivity contribution in [1.82, 2.24) is 0 Å². The number of ether oxygens (including phenoxy) is 1. The number of hydrogen-bond donors (Lipinski definition) is 1. The van der Waals surface area contributed by atoms with Crippen LogP contribution in [0.15, 0.2) is 29.4 Å². The van der Waals surface area contributed by atoms with Gasteiger partial charge in [-0.15, -0.1) is 0 Å². The number of aryl methyl sites for hydroxylation is 1. The van der Waals surface area contributed by atoms with Gasteiger partial charge >= 0.3 is 0 Å². The molecule has 0 amide bonds. The van der Waals surface area contributed by atoms with Crippen LogP contribution < -0.4 is 10.5 Å². The maximum absolute atomic E-state index is 5.67. The summed E-state index contributed by atoms with van der Waals surface area (Å²) >= 11 is 0. The lowest BCUT2D eigenvalue weighted by Gasteiger charge is -2.12. The van der Waals surface area contributed by atoms with E-state index in [1.807, 2.05) is 31.2 Å². The minimum atomic E-state index is -0.00171. The van der Waals surface area contributed by atoms with E-state index in [0.29, 0.717) is 13.2 Å². The molecule has 1 aliphatic heterocycles. The highest BCUT2D eigenvalue weighted by Gasteiger charge is 2.20. The molecule has 0 aliphatic carbocycles. The van der Waals surface area contributed by atoms with Gasteiger partial charge in [0.25, 0.3) is 0 Å². The average molecular weight is 220 g/mol. The zero-order valence-electron chi connectivity index (χ0n) is 9.35. The van der Waals surface area contributed by atoms with Gasteiger partial charge in [0.1, 0.15) is 12.4 Å². The Morgan fingerprint density at radius 2 is 2.31 bits per heavy atom. The molecule has 1 unspecified atom stereocenters. The molecule has 0 bridgehead atoms. The molecule has 0 radical (unpaired) electrons. The van der Waals surface area contributed by atoms with E-state index in [-0.39, 0.29) is 6.10 Å². The van der Waals surface area contributed by atoms with Crippen molar-refractivity contribution in [2.75, 3.05) is 13.2 Å². The van der Waals surface area contributed by atoms with E-state index in [1.54, 1.807) is 0 Å². The van der Waals surface area contributed by atoms with Crippen molar-refractivity contribution in [3.63, 3.8) is 0 Å². The minimum Gasteiger partial charge on any atom is -0.489 e. The molecule has 0 spiro atoms. The van der Waals surface area contributed by atoms with Gasteiger partial charge in [-0.2, -0.15) is 0 Å². The van der Waals surface area contributed by atoms with Crippen LogP contribution in [0.5, 0.6) is 5.75 Å². The Kier molecular flexibility index (Phi) is 3.41. The van der Waals surface area contributed by atoms with Crippen molar-refractivity contribution in [1.29, 1.82) is 0 Å². The minimum absolute atomic E-state index is 0.00171. The average Bonchev–Trinajstić information content (AvgIpc) is 2.76. The van der Waals surface area contributed by atoms with Crippen LogP contribution in [0.25, 0.3) is 0 Å². The van der Waals surface area contributed by atoms with E-state index in [0.717, 1.165) is 23.4 Å². The van der Waals surface area contributed by atoms with Crippen LogP contribution in [0.2, 0.25) is 0 Å². The summed E-state index contributed by atoms with van der Waals surface area (Å²) in [5, 5.41) is 3.88. The highest BCUT2D eigenvalue weighted by Crippen LogP contribution is 2.18. The molecule has 4 heteroatoms. The quantitative estimate of drug-likeness (QED) is 0.836. The monoisotopic (exact) mass is 220 g/mol. The molecule has 1 aromatic rings. The Morgan fingerprint density at radius 1 is 1.50 bits per heavy atom. The van der Waals surface area contributed by atoms with Crippen LogP contribution in [-0.2, 0) is 4.84 Å². The lowest BCUT2D eigenvalue weighted by atomic mass is 10.2. The second kappa shape index (κ2) is 4.99. The number of para-hydroxylation sites is 1. The second-order valence-corrected chi connectivity index (χ2v) is 3.87. The molecule has 1 aromatic carbocycles. The molecular formula is C12H16N2O2. The van der Waals surface area contributed by atoms with Gasteiger partial charge in [0, 0.05) is 13.0 Å². The molecule has 0 fully saturated rings. The molecule has 2 N–H and O–H groups in total. The summed E-state index contributed by atoms with van der Waals surface area (Å²) in [6, 6.07) is 7.92. The summed E-state index contributed by atoms with van der Waals surface area (Å²) in [7, 11) is 0. The normalized spacial score (nSPS) is 19.1. The molecular weight excluding hydrogens is 204 g/mol. The molecule has 0 saturated carbocycles. The fourth-order valence-corrected chi connectivity index (χ4v) is 1.60. The third-order valence-electron chi connectivity index (χ3n) is 2.55. The van der Waals surface area contributed by atoms with Crippen molar-refractivity contribution in [2.45, 2.75) is 19.4 Å². The van der Waals surface area contributed by atoms with Gasteiger partial charge in [0.15, 0.2) is 6.10 Å². The Bertz CT molecular complexity index is 390. The number of hydrogen-bond acceptors (Lipinski definition) is 4. The topological polar surface area (TPSA) is 56.8 Å². The van der Waals surface area contributed by atoms with Crippen LogP contribution >= 0.6 is 0 Å². The zero-order chi connectivity index (χ0) is 11.4. The molecule has 1 atom stereocenters. The van der Waals surface area contributed by atoms with Crippen molar-refractivity contribution < 1.29 is 9.57 Å². The summed E-state index contributed by atoms with van der Waals surface area (Å²) < 4.78 is 5.67. The Morgan fingerprint density at radius 3 is 3.00 bits per heavy atom. The van der Waals surface area contributed by atoms with Crippen molar-refractivity contribution in [2.24, 2.45) is 10.9 Å². The smallest absolute Gasteiger partial charge is 0.166 e. The lowest BCUT2D eigenvalue weighted by molar-refractivity contribution is 0.0469. The number of nitrogens with two attached hydrogens (primary N) is 1. The van der Waals surface area contributed by atoms with Gasteiger partial charge in [-0.1, -0.05) is 23.4 Å².